The molecule has 262 valence electrons. The van der Waals surface area contributed by atoms with E-state index < -0.39 is 17.9 Å². The molecule has 0 saturated carbocycles. The van der Waals surface area contributed by atoms with Crippen molar-refractivity contribution in [2.24, 2.45) is 5.73 Å². The summed E-state index contributed by atoms with van der Waals surface area (Å²) < 4.78 is 16.9. The van der Waals surface area contributed by atoms with Gasteiger partial charge in [0.1, 0.15) is 17.1 Å². The van der Waals surface area contributed by atoms with Crippen molar-refractivity contribution >= 4 is 39.7 Å². The van der Waals surface area contributed by atoms with Gasteiger partial charge in [0, 0.05) is 64.4 Å². The highest BCUT2D eigenvalue weighted by Crippen LogP contribution is 2.42. The number of aromatic amines is 1. The smallest absolute Gasteiger partial charge is 0.336 e. The summed E-state index contributed by atoms with van der Waals surface area (Å²) in [5, 5.41) is 27.2. The maximum Gasteiger partial charge on any atom is 0.336 e. The number of H-pyrrole nitrogens is 1. The summed E-state index contributed by atoms with van der Waals surface area (Å²) in [6, 6.07) is 20.1. The molecule has 0 spiro atoms. The Kier molecular flexibility index (Phi) is 10.7. The van der Waals surface area contributed by atoms with Gasteiger partial charge < -0.3 is 45.5 Å². The van der Waals surface area contributed by atoms with Crippen molar-refractivity contribution in [2.45, 2.75) is 12.5 Å². The van der Waals surface area contributed by atoms with Crippen molar-refractivity contribution < 1.29 is 38.5 Å². The Morgan fingerprint density at radius 2 is 1.59 bits per heavy atom. The number of aromatic hydroxyl groups is 1. The Bertz CT molecular complexity index is 2240. The predicted octanol–water partition coefficient (Wildman–Crippen LogP) is 3.90. The number of nitrogens with one attached hydrogen (secondary N) is 3. The van der Waals surface area contributed by atoms with E-state index >= 15 is 0 Å². The molecule has 1 aliphatic heterocycles. The molecule has 13 nitrogen and oxygen atoms in total. The molecule has 2 amide bonds. The third-order valence-corrected chi connectivity index (χ3v) is 8.36. The van der Waals surface area contributed by atoms with Gasteiger partial charge in [-0.2, -0.15) is 0 Å². The van der Waals surface area contributed by atoms with Crippen LogP contribution in [-0.4, -0.2) is 78.5 Å². The standard InChI is InChI=1S/C38H36N4O9/c39-31(18-23-21-42-32-4-2-1-3-26(23)32)37(46)41-12-14-50-16-15-49-13-11-40-36(45)22-5-8-27(30(17-22)38(47)48)35-28-9-6-24(43)19-33(28)51-34-20-25(44)7-10-29(34)35/h1-10,17,19-21,31,42-43H,11-16,18,39H2,(H,40,45)(H,41,46)(H,47,48). The van der Waals surface area contributed by atoms with Gasteiger partial charge in [0.2, 0.25) is 5.91 Å². The lowest BCUT2D eigenvalue weighted by Gasteiger charge is -2.17. The normalized spacial score (nSPS) is 11.9. The van der Waals surface area contributed by atoms with Crippen LogP contribution in [0.1, 0.15) is 26.3 Å². The minimum Gasteiger partial charge on any atom is -0.508 e. The van der Waals surface area contributed by atoms with E-state index in [-0.39, 0.29) is 72.5 Å². The molecule has 1 aromatic heterocycles. The Balaban J connectivity index is 0.954. The van der Waals surface area contributed by atoms with Crippen LogP contribution in [0.25, 0.3) is 44.3 Å². The number of carbonyl (C=O) groups is 3. The number of aromatic carboxylic acids is 1. The molecular weight excluding hydrogens is 656 g/mol. The van der Waals surface area contributed by atoms with Crippen LogP contribution in [0.5, 0.6) is 5.75 Å². The van der Waals surface area contributed by atoms with E-state index in [0.717, 1.165) is 16.5 Å². The number of fused-ring (bicyclic) bond motifs is 3. The molecule has 0 radical (unpaired) electrons. The number of ether oxygens (including phenoxy) is 2. The van der Waals surface area contributed by atoms with Gasteiger partial charge in [-0.15, -0.1) is 0 Å². The van der Waals surface area contributed by atoms with Gasteiger partial charge in [-0.1, -0.05) is 24.3 Å². The number of amides is 2. The predicted molar refractivity (Wildman–Crippen MR) is 190 cm³/mol. The molecule has 1 aliphatic carbocycles. The highest BCUT2D eigenvalue weighted by molar-refractivity contribution is 6.09. The number of para-hydroxylation sites is 1. The summed E-state index contributed by atoms with van der Waals surface area (Å²) in [5.74, 6) is -1.83. The van der Waals surface area contributed by atoms with Crippen molar-refractivity contribution in [3.05, 3.63) is 112 Å². The molecule has 13 heteroatoms. The Morgan fingerprint density at radius 3 is 2.37 bits per heavy atom. The minimum atomic E-state index is -1.25. The second-order valence-corrected chi connectivity index (χ2v) is 11.8. The lowest BCUT2D eigenvalue weighted by molar-refractivity contribution is -0.122. The molecule has 7 N–H and O–H groups in total. The van der Waals surface area contributed by atoms with Crippen LogP contribution in [0.2, 0.25) is 0 Å². The lowest BCUT2D eigenvalue weighted by atomic mass is 9.90. The first-order valence-corrected chi connectivity index (χ1v) is 16.3. The number of carboxylic acid groups (broad SMARTS) is 1. The topological polar surface area (TPSA) is 206 Å². The molecule has 51 heavy (non-hydrogen) atoms. The molecule has 1 unspecified atom stereocenters. The highest BCUT2D eigenvalue weighted by Gasteiger charge is 2.23. The zero-order valence-corrected chi connectivity index (χ0v) is 27.4. The van der Waals surface area contributed by atoms with Crippen LogP contribution in [0, 0.1) is 0 Å². The summed E-state index contributed by atoms with van der Waals surface area (Å²) in [6.07, 6.45) is 2.27. The second kappa shape index (κ2) is 15.7. The zero-order chi connectivity index (χ0) is 35.9. The maximum atomic E-state index is 12.9. The van der Waals surface area contributed by atoms with Crippen LogP contribution in [0.4, 0.5) is 0 Å². The molecule has 0 saturated heterocycles. The monoisotopic (exact) mass is 692 g/mol. The van der Waals surface area contributed by atoms with Crippen LogP contribution in [-0.2, 0) is 20.7 Å². The summed E-state index contributed by atoms with van der Waals surface area (Å²) in [5.41, 5.74) is 9.35. The molecule has 3 aromatic carbocycles. The molecule has 2 heterocycles. The van der Waals surface area contributed by atoms with Gasteiger partial charge in [-0.05, 0) is 60.0 Å². The maximum absolute atomic E-state index is 12.9. The van der Waals surface area contributed by atoms with Crippen LogP contribution in [0.15, 0.2) is 94.3 Å². The summed E-state index contributed by atoms with van der Waals surface area (Å²) >= 11 is 0. The number of phenolic OH excluding ortho intramolecular Hbond substituents is 1. The molecular formula is C38H36N4O9. The number of nitrogens with two attached hydrogens (primary N) is 1. The number of rotatable bonds is 15. The van der Waals surface area contributed by atoms with E-state index in [9.17, 15) is 29.4 Å². The number of aromatic nitrogens is 1. The first-order chi connectivity index (χ1) is 24.7. The molecule has 1 atom stereocenters. The Morgan fingerprint density at radius 1 is 0.843 bits per heavy atom. The average molecular weight is 693 g/mol. The van der Waals surface area contributed by atoms with E-state index in [0.29, 0.717) is 35.0 Å². The van der Waals surface area contributed by atoms with E-state index in [1.54, 1.807) is 12.1 Å². The van der Waals surface area contributed by atoms with Gasteiger partial charge in [0.25, 0.3) is 5.91 Å². The lowest BCUT2D eigenvalue weighted by Crippen LogP contribution is -2.43. The molecule has 2 aliphatic rings. The fourth-order valence-corrected chi connectivity index (χ4v) is 5.90. The van der Waals surface area contributed by atoms with Crippen molar-refractivity contribution in [2.75, 3.05) is 39.5 Å². The van der Waals surface area contributed by atoms with E-state index in [1.807, 2.05) is 30.5 Å². The third-order valence-electron chi connectivity index (χ3n) is 8.36. The van der Waals surface area contributed by atoms with Gasteiger partial charge >= 0.3 is 5.97 Å². The van der Waals surface area contributed by atoms with Crippen molar-refractivity contribution in [3.8, 4) is 28.2 Å². The molecule has 6 rings (SSSR count). The molecule has 4 aromatic rings. The summed E-state index contributed by atoms with van der Waals surface area (Å²) in [6.45, 7) is 1.48. The van der Waals surface area contributed by atoms with Gasteiger partial charge in [-0.25, -0.2) is 4.79 Å². The van der Waals surface area contributed by atoms with Crippen molar-refractivity contribution in [1.82, 2.24) is 15.6 Å². The minimum absolute atomic E-state index is 0.0584. The quantitative estimate of drug-likeness (QED) is 0.0676. The van der Waals surface area contributed by atoms with Crippen LogP contribution in [0.3, 0.4) is 0 Å². The zero-order valence-electron chi connectivity index (χ0n) is 27.4. The number of hydrogen-bond donors (Lipinski definition) is 6. The second-order valence-electron chi connectivity index (χ2n) is 11.8. The Labute approximate surface area is 291 Å². The summed E-state index contributed by atoms with van der Waals surface area (Å²) in [4.78, 5) is 53.0. The number of carboxylic acids is 1. The number of benzene rings is 4. The number of hydrogen-bond acceptors (Lipinski definition) is 9. The van der Waals surface area contributed by atoms with Crippen molar-refractivity contribution in [3.63, 3.8) is 0 Å². The highest BCUT2D eigenvalue weighted by atomic mass is 16.5. The van der Waals surface area contributed by atoms with Gasteiger partial charge in [0.05, 0.1) is 38.0 Å². The number of carbonyl (C=O) groups excluding carboxylic acids is 2. The van der Waals surface area contributed by atoms with Crippen molar-refractivity contribution in [1.29, 1.82) is 0 Å². The SMILES string of the molecule is NC(Cc1c[nH]c2ccccc12)C(=O)NCCOCCOCCNC(=O)c1ccc(-c2c3ccc(=O)cc-3oc3cc(O)ccc23)c(C(=O)O)c1. The van der Waals surface area contributed by atoms with Gasteiger partial charge in [-0.3, -0.25) is 14.4 Å². The molecule has 0 bridgehead atoms. The van der Waals surface area contributed by atoms with Crippen LogP contribution >= 0.6 is 0 Å². The average Bonchev–Trinajstić information content (AvgIpc) is 3.53. The third kappa shape index (κ3) is 8.07. The first-order valence-electron chi connectivity index (χ1n) is 16.3. The van der Waals surface area contributed by atoms with E-state index in [4.69, 9.17) is 19.6 Å². The fraction of sp³-hybridized carbons (Fsp3) is 0.211. The summed E-state index contributed by atoms with van der Waals surface area (Å²) in [7, 11) is 0. The first kappa shape index (κ1) is 34.8. The Hall–Kier alpha value is -6.02. The van der Waals surface area contributed by atoms with Gasteiger partial charge in [0.15, 0.2) is 5.43 Å². The van der Waals surface area contributed by atoms with E-state index in [2.05, 4.69) is 15.6 Å². The van der Waals surface area contributed by atoms with Crippen LogP contribution < -0.4 is 21.8 Å². The number of phenols is 1. The van der Waals surface area contributed by atoms with E-state index in [1.165, 1.54) is 42.5 Å². The molecule has 0 fully saturated rings. The largest absolute Gasteiger partial charge is 0.508 e. The fourth-order valence-electron chi connectivity index (χ4n) is 5.90.